The van der Waals surface area contributed by atoms with Gasteiger partial charge in [-0.2, -0.15) is 4.31 Å². The molecule has 0 spiro atoms. The number of aryl methyl sites for hydroxylation is 1. The quantitative estimate of drug-likeness (QED) is 0.712. The van der Waals surface area contributed by atoms with Crippen LogP contribution in [0.25, 0.3) is 0 Å². The van der Waals surface area contributed by atoms with Crippen LogP contribution >= 0.6 is 0 Å². The van der Waals surface area contributed by atoms with Crippen LogP contribution in [0.1, 0.15) is 47.8 Å². The highest BCUT2D eigenvalue weighted by atomic mass is 32.2. The molecular weight excluding hydrogens is 394 g/mol. The first-order chi connectivity index (χ1) is 13.7. The molecular formula is C20H27N3O5S. The van der Waals surface area contributed by atoms with E-state index in [2.05, 4.69) is 4.98 Å². The minimum atomic E-state index is -3.56. The molecule has 2 heterocycles. The minimum Gasteiger partial charge on any atom is -0.494 e. The average Bonchev–Trinajstić information content (AvgIpc) is 3.09. The second-order valence-electron chi connectivity index (χ2n) is 7.24. The van der Waals surface area contributed by atoms with Crippen LogP contribution in [0.15, 0.2) is 33.6 Å². The van der Waals surface area contributed by atoms with Crippen LogP contribution in [0.3, 0.4) is 0 Å². The van der Waals surface area contributed by atoms with Crippen molar-refractivity contribution in [2.24, 2.45) is 0 Å². The van der Waals surface area contributed by atoms with Crippen LogP contribution in [0, 0.1) is 6.92 Å². The van der Waals surface area contributed by atoms with E-state index in [0.717, 1.165) is 0 Å². The molecule has 158 valence electrons. The molecule has 0 bridgehead atoms. The maximum Gasteiger partial charge on any atom is 0.275 e. The van der Waals surface area contributed by atoms with Crippen LogP contribution in [0.2, 0.25) is 0 Å². The standard InChI is InChI=1S/C20H27N3O5S/c1-5-27-16-6-8-17(9-7-16)29(25,26)23-12-10-15(11-13-23)19-21-18(14(2)28-19)20(24)22(3)4/h6-9,15H,5,10-13H2,1-4H3. The lowest BCUT2D eigenvalue weighted by Gasteiger charge is -2.29. The Morgan fingerprint density at radius 3 is 2.41 bits per heavy atom. The van der Waals surface area contributed by atoms with E-state index in [1.54, 1.807) is 45.3 Å². The third-order valence-electron chi connectivity index (χ3n) is 5.00. The summed E-state index contributed by atoms with van der Waals surface area (Å²) in [6.07, 6.45) is 1.18. The molecule has 1 fully saturated rings. The van der Waals surface area contributed by atoms with Gasteiger partial charge in [-0.15, -0.1) is 0 Å². The topological polar surface area (TPSA) is 93.0 Å². The minimum absolute atomic E-state index is 0.0100. The van der Waals surface area contributed by atoms with Gasteiger partial charge in [-0.25, -0.2) is 13.4 Å². The molecule has 8 nitrogen and oxygen atoms in total. The number of rotatable bonds is 6. The molecule has 3 rings (SSSR count). The predicted octanol–water partition coefficient (Wildman–Crippen LogP) is 2.65. The fraction of sp³-hybridized carbons (Fsp3) is 0.500. The molecule has 0 atom stereocenters. The van der Waals surface area contributed by atoms with Crippen molar-refractivity contribution in [3.63, 3.8) is 0 Å². The first-order valence-electron chi connectivity index (χ1n) is 9.66. The number of nitrogens with zero attached hydrogens (tertiary/aromatic N) is 3. The molecule has 1 aliphatic rings. The van der Waals surface area contributed by atoms with Crippen LogP contribution in [-0.2, 0) is 10.0 Å². The summed E-state index contributed by atoms with van der Waals surface area (Å²) < 4.78 is 38.4. The Labute approximate surface area is 171 Å². The van der Waals surface area contributed by atoms with Crippen molar-refractivity contribution in [2.75, 3.05) is 33.8 Å². The number of piperidine rings is 1. The zero-order chi connectivity index (χ0) is 21.2. The van der Waals surface area contributed by atoms with Crippen molar-refractivity contribution in [1.29, 1.82) is 0 Å². The third-order valence-corrected chi connectivity index (χ3v) is 6.91. The Balaban J connectivity index is 1.68. The van der Waals surface area contributed by atoms with Crippen molar-refractivity contribution in [3.05, 3.63) is 41.6 Å². The number of hydrogen-bond donors (Lipinski definition) is 0. The zero-order valence-corrected chi connectivity index (χ0v) is 18.0. The van der Waals surface area contributed by atoms with Gasteiger partial charge in [0.25, 0.3) is 5.91 Å². The van der Waals surface area contributed by atoms with Gasteiger partial charge in [-0.05, 0) is 51.0 Å². The first kappa shape index (κ1) is 21.3. The fourth-order valence-corrected chi connectivity index (χ4v) is 4.84. The summed E-state index contributed by atoms with van der Waals surface area (Å²) in [7, 11) is -0.227. The van der Waals surface area contributed by atoms with Gasteiger partial charge in [0.1, 0.15) is 11.5 Å². The summed E-state index contributed by atoms with van der Waals surface area (Å²) in [4.78, 5) is 18.3. The molecule has 0 saturated carbocycles. The molecule has 0 aliphatic carbocycles. The van der Waals surface area contributed by atoms with Crippen molar-refractivity contribution in [1.82, 2.24) is 14.2 Å². The number of oxazole rings is 1. The number of carbonyl (C=O) groups is 1. The first-order valence-corrected chi connectivity index (χ1v) is 11.1. The summed E-state index contributed by atoms with van der Waals surface area (Å²) in [5.41, 5.74) is 0.314. The van der Waals surface area contributed by atoms with E-state index < -0.39 is 10.0 Å². The Hall–Kier alpha value is -2.39. The highest BCUT2D eigenvalue weighted by molar-refractivity contribution is 7.89. The van der Waals surface area contributed by atoms with Crippen LogP contribution < -0.4 is 4.74 Å². The molecule has 1 aromatic heterocycles. The van der Waals surface area contributed by atoms with E-state index >= 15 is 0 Å². The second kappa shape index (κ2) is 8.54. The number of hydrogen-bond acceptors (Lipinski definition) is 6. The number of ether oxygens (including phenoxy) is 1. The van der Waals surface area contributed by atoms with E-state index in [-0.39, 0.29) is 16.7 Å². The molecule has 2 aromatic rings. The molecule has 1 saturated heterocycles. The molecule has 1 aliphatic heterocycles. The fourth-order valence-electron chi connectivity index (χ4n) is 3.37. The zero-order valence-electron chi connectivity index (χ0n) is 17.2. The second-order valence-corrected chi connectivity index (χ2v) is 9.18. The SMILES string of the molecule is CCOc1ccc(S(=O)(=O)N2CCC(c3nc(C(=O)N(C)C)c(C)o3)CC2)cc1. The normalized spacial score (nSPS) is 16.0. The Kier molecular flexibility index (Phi) is 6.28. The van der Waals surface area contributed by atoms with Crippen molar-refractivity contribution >= 4 is 15.9 Å². The van der Waals surface area contributed by atoms with E-state index in [0.29, 0.717) is 55.6 Å². The molecule has 1 aromatic carbocycles. The maximum absolute atomic E-state index is 12.9. The van der Waals surface area contributed by atoms with Crippen LogP contribution in [-0.4, -0.2) is 62.3 Å². The van der Waals surface area contributed by atoms with Gasteiger partial charge >= 0.3 is 0 Å². The summed E-state index contributed by atoms with van der Waals surface area (Å²) in [5.74, 6) is 1.43. The highest BCUT2D eigenvalue weighted by Crippen LogP contribution is 2.31. The van der Waals surface area contributed by atoms with Crippen LogP contribution in [0.5, 0.6) is 5.75 Å². The number of benzene rings is 1. The lowest BCUT2D eigenvalue weighted by molar-refractivity contribution is 0.0821. The molecule has 29 heavy (non-hydrogen) atoms. The maximum atomic E-state index is 12.9. The van der Waals surface area contributed by atoms with Gasteiger partial charge in [0, 0.05) is 33.1 Å². The van der Waals surface area contributed by atoms with Crippen molar-refractivity contribution in [2.45, 2.75) is 37.5 Å². The predicted molar refractivity (Wildman–Crippen MR) is 108 cm³/mol. The summed E-state index contributed by atoms with van der Waals surface area (Å²) in [6, 6.07) is 6.48. The van der Waals surface area contributed by atoms with Gasteiger partial charge in [0.15, 0.2) is 11.6 Å². The molecule has 0 radical (unpaired) electrons. The number of aromatic nitrogens is 1. The Bertz CT molecular complexity index is 959. The molecule has 0 unspecified atom stereocenters. The van der Waals surface area contributed by atoms with Gasteiger partial charge in [0.05, 0.1) is 11.5 Å². The highest BCUT2D eigenvalue weighted by Gasteiger charge is 2.32. The van der Waals surface area contributed by atoms with E-state index in [4.69, 9.17) is 9.15 Å². The van der Waals surface area contributed by atoms with Gasteiger partial charge < -0.3 is 14.1 Å². The van der Waals surface area contributed by atoms with Gasteiger partial charge in [-0.1, -0.05) is 0 Å². The largest absolute Gasteiger partial charge is 0.494 e. The monoisotopic (exact) mass is 421 g/mol. The van der Waals surface area contributed by atoms with E-state index in [1.165, 1.54) is 9.21 Å². The number of amides is 1. The summed E-state index contributed by atoms with van der Waals surface area (Å²) in [6.45, 7) is 4.88. The molecule has 9 heteroatoms. The van der Waals surface area contributed by atoms with E-state index in [9.17, 15) is 13.2 Å². The number of carbonyl (C=O) groups excluding carboxylic acids is 1. The smallest absolute Gasteiger partial charge is 0.275 e. The number of sulfonamides is 1. The summed E-state index contributed by atoms with van der Waals surface area (Å²) >= 11 is 0. The molecule has 1 amide bonds. The average molecular weight is 422 g/mol. The van der Waals surface area contributed by atoms with E-state index in [1.807, 2.05) is 6.92 Å². The Morgan fingerprint density at radius 1 is 1.24 bits per heavy atom. The Morgan fingerprint density at radius 2 is 1.86 bits per heavy atom. The molecule has 0 N–H and O–H groups in total. The van der Waals surface area contributed by atoms with Gasteiger partial charge in [0.2, 0.25) is 10.0 Å². The van der Waals surface area contributed by atoms with Gasteiger partial charge in [-0.3, -0.25) is 4.79 Å². The van der Waals surface area contributed by atoms with Crippen molar-refractivity contribution < 1.29 is 22.4 Å². The third kappa shape index (κ3) is 4.45. The lowest BCUT2D eigenvalue weighted by Crippen LogP contribution is -2.38. The summed E-state index contributed by atoms with van der Waals surface area (Å²) in [5, 5.41) is 0. The van der Waals surface area contributed by atoms with Crippen molar-refractivity contribution in [3.8, 4) is 5.75 Å². The van der Waals surface area contributed by atoms with Crippen LogP contribution in [0.4, 0.5) is 0 Å². The lowest BCUT2D eigenvalue weighted by atomic mass is 9.98.